The number of nitrogens with zero attached hydrogens (tertiary/aromatic N) is 3. The van der Waals surface area contributed by atoms with Crippen LogP contribution in [0.4, 0.5) is 4.79 Å². The average molecular weight is 348 g/mol. The zero-order valence-electron chi connectivity index (χ0n) is 14.7. The van der Waals surface area contributed by atoms with Crippen molar-refractivity contribution in [2.45, 2.75) is 45.8 Å². The Morgan fingerprint density at radius 3 is 3.00 bits per heavy atom. The molecule has 1 N–H and O–H groups in total. The largest absolute Gasteiger partial charge is 0.464 e. The molecule has 0 aromatic carbocycles. The van der Waals surface area contributed by atoms with Crippen molar-refractivity contribution >= 4 is 6.03 Å². The number of ether oxygens (including phenoxy) is 1. The van der Waals surface area contributed by atoms with Gasteiger partial charge in [0, 0.05) is 26.1 Å². The highest BCUT2D eigenvalue weighted by atomic mass is 16.5. The first-order valence-corrected chi connectivity index (χ1v) is 8.68. The molecule has 0 aliphatic carbocycles. The highest BCUT2D eigenvalue weighted by molar-refractivity contribution is 5.74. The minimum Gasteiger partial charge on any atom is -0.464 e. The predicted octanol–water partition coefficient (Wildman–Crippen LogP) is 2.60. The van der Waals surface area contributed by atoms with Gasteiger partial charge in [0.2, 0.25) is 0 Å². The summed E-state index contributed by atoms with van der Waals surface area (Å²) >= 11 is 0. The first kappa shape index (κ1) is 17.5. The second kappa shape index (κ2) is 8.15. The minimum absolute atomic E-state index is 0.0804. The summed E-state index contributed by atoms with van der Waals surface area (Å²) in [6, 6.07) is 3.64. The van der Waals surface area contributed by atoms with Gasteiger partial charge in [-0.1, -0.05) is 5.16 Å². The number of aryl methyl sites for hydroxylation is 1. The molecule has 2 amide bonds. The van der Waals surface area contributed by atoms with E-state index in [0.29, 0.717) is 37.8 Å². The summed E-state index contributed by atoms with van der Waals surface area (Å²) in [6.45, 7) is 6.04. The Hall–Kier alpha value is -2.35. The van der Waals surface area contributed by atoms with Gasteiger partial charge in [-0.2, -0.15) is 4.98 Å². The van der Waals surface area contributed by atoms with Gasteiger partial charge in [0.1, 0.15) is 17.6 Å². The van der Waals surface area contributed by atoms with E-state index in [2.05, 4.69) is 15.5 Å². The maximum atomic E-state index is 12.3. The Labute approximate surface area is 146 Å². The van der Waals surface area contributed by atoms with Crippen molar-refractivity contribution in [2.24, 2.45) is 0 Å². The summed E-state index contributed by atoms with van der Waals surface area (Å²) < 4.78 is 16.3. The van der Waals surface area contributed by atoms with Crippen molar-refractivity contribution < 1.29 is 18.5 Å². The third kappa shape index (κ3) is 4.60. The first-order valence-electron chi connectivity index (χ1n) is 8.68. The summed E-state index contributed by atoms with van der Waals surface area (Å²) in [7, 11) is 0. The third-order valence-electron chi connectivity index (χ3n) is 4.13. The van der Waals surface area contributed by atoms with E-state index >= 15 is 0 Å². The van der Waals surface area contributed by atoms with Crippen LogP contribution in [0.2, 0.25) is 0 Å². The van der Waals surface area contributed by atoms with Gasteiger partial charge in [-0.15, -0.1) is 0 Å². The first-order chi connectivity index (χ1) is 12.2. The van der Waals surface area contributed by atoms with Gasteiger partial charge >= 0.3 is 6.03 Å². The molecule has 8 heteroatoms. The molecular weight excluding hydrogens is 324 g/mol. The van der Waals surface area contributed by atoms with Crippen LogP contribution < -0.4 is 5.32 Å². The lowest BCUT2D eigenvalue weighted by atomic mass is 10.2. The quantitative estimate of drug-likeness (QED) is 0.826. The molecule has 3 heterocycles. The molecule has 1 unspecified atom stereocenters. The van der Waals surface area contributed by atoms with Crippen LogP contribution >= 0.6 is 0 Å². The lowest BCUT2D eigenvalue weighted by molar-refractivity contribution is 0.0835. The van der Waals surface area contributed by atoms with E-state index in [1.165, 1.54) is 0 Å². The van der Waals surface area contributed by atoms with Gasteiger partial charge in [0.15, 0.2) is 5.82 Å². The van der Waals surface area contributed by atoms with E-state index in [1.807, 2.05) is 26.0 Å². The van der Waals surface area contributed by atoms with Crippen molar-refractivity contribution in [3.8, 4) is 0 Å². The second-order valence-corrected chi connectivity index (χ2v) is 6.06. The molecule has 0 saturated carbocycles. The van der Waals surface area contributed by atoms with Gasteiger partial charge in [-0.05, 0) is 38.8 Å². The van der Waals surface area contributed by atoms with E-state index in [4.69, 9.17) is 13.7 Å². The van der Waals surface area contributed by atoms with E-state index in [9.17, 15) is 4.79 Å². The molecule has 0 bridgehead atoms. The van der Waals surface area contributed by atoms with Crippen molar-refractivity contribution in [1.29, 1.82) is 0 Å². The average Bonchev–Trinajstić information content (AvgIpc) is 3.34. The lowest BCUT2D eigenvalue weighted by Crippen LogP contribution is -2.40. The topological polar surface area (TPSA) is 93.6 Å². The number of carbonyl (C=O) groups is 1. The van der Waals surface area contributed by atoms with Gasteiger partial charge < -0.3 is 23.9 Å². The fourth-order valence-corrected chi connectivity index (χ4v) is 2.75. The summed E-state index contributed by atoms with van der Waals surface area (Å²) in [5.41, 5.74) is 0. The van der Waals surface area contributed by atoms with Gasteiger partial charge in [-0.25, -0.2) is 4.79 Å². The fraction of sp³-hybridized carbons (Fsp3) is 0.588. The number of rotatable bonds is 7. The molecule has 1 aliphatic rings. The Morgan fingerprint density at radius 2 is 2.32 bits per heavy atom. The van der Waals surface area contributed by atoms with Crippen LogP contribution in [0.3, 0.4) is 0 Å². The number of furan rings is 1. The fourth-order valence-electron chi connectivity index (χ4n) is 2.75. The van der Waals surface area contributed by atoms with Crippen LogP contribution in [-0.4, -0.2) is 40.8 Å². The summed E-state index contributed by atoms with van der Waals surface area (Å²) in [5.74, 6) is 2.72. The van der Waals surface area contributed by atoms with Crippen LogP contribution in [0.15, 0.2) is 21.1 Å². The van der Waals surface area contributed by atoms with Crippen LogP contribution in [0, 0.1) is 6.92 Å². The molecule has 1 fully saturated rings. The molecule has 1 atom stereocenters. The zero-order chi connectivity index (χ0) is 17.6. The number of hydrogen-bond acceptors (Lipinski definition) is 6. The number of hydrogen-bond donors (Lipinski definition) is 1. The monoisotopic (exact) mass is 348 g/mol. The van der Waals surface area contributed by atoms with E-state index in [1.54, 1.807) is 4.90 Å². The number of nitrogens with one attached hydrogen (secondary N) is 1. The van der Waals surface area contributed by atoms with E-state index < -0.39 is 0 Å². The van der Waals surface area contributed by atoms with Gasteiger partial charge in [0.05, 0.1) is 6.54 Å². The molecular formula is C17H24N4O4. The molecule has 2 aromatic rings. The SMILES string of the molecule is CCN(Cc1ccc(C)o1)C(=O)NCCc1noc(C2CCCO2)n1. The minimum atomic E-state index is -0.139. The molecule has 1 saturated heterocycles. The van der Waals surface area contributed by atoms with Crippen molar-refractivity contribution in [1.82, 2.24) is 20.4 Å². The normalized spacial score (nSPS) is 17.0. The standard InChI is InChI=1S/C17H24N4O4/c1-3-21(11-13-7-6-12(2)24-13)17(22)18-9-8-15-19-16(25-20-15)14-5-4-10-23-14/h6-7,14H,3-5,8-11H2,1-2H3,(H,18,22). The van der Waals surface area contributed by atoms with Gasteiger partial charge in [0.25, 0.3) is 5.89 Å². The van der Waals surface area contributed by atoms with Crippen LogP contribution in [0.25, 0.3) is 0 Å². The van der Waals surface area contributed by atoms with Crippen molar-refractivity contribution in [3.63, 3.8) is 0 Å². The molecule has 1 aliphatic heterocycles. The molecule has 0 spiro atoms. The number of amides is 2. The number of carbonyl (C=O) groups excluding carboxylic acids is 1. The maximum Gasteiger partial charge on any atom is 0.317 e. The van der Waals surface area contributed by atoms with E-state index in [-0.39, 0.29) is 12.1 Å². The molecule has 25 heavy (non-hydrogen) atoms. The highest BCUT2D eigenvalue weighted by Crippen LogP contribution is 2.26. The number of aromatic nitrogens is 2. The molecule has 3 rings (SSSR count). The van der Waals surface area contributed by atoms with E-state index in [0.717, 1.165) is 31.0 Å². The van der Waals surface area contributed by atoms with Gasteiger partial charge in [-0.3, -0.25) is 0 Å². The molecule has 8 nitrogen and oxygen atoms in total. The van der Waals surface area contributed by atoms with Crippen LogP contribution in [0.5, 0.6) is 0 Å². The summed E-state index contributed by atoms with van der Waals surface area (Å²) in [6.07, 6.45) is 2.36. The Morgan fingerprint density at radius 1 is 1.44 bits per heavy atom. The number of urea groups is 1. The maximum absolute atomic E-state index is 12.3. The van der Waals surface area contributed by atoms with Crippen LogP contribution in [0.1, 0.15) is 49.1 Å². The molecule has 2 aromatic heterocycles. The summed E-state index contributed by atoms with van der Waals surface area (Å²) in [5, 5.41) is 6.83. The predicted molar refractivity (Wildman–Crippen MR) is 88.9 cm³/mol. The molecule has 0 radical (unpaired) electrons. The highest BCUT2D eigenvalue weighted by Gasteiger charge is 2.23. The Balaban J connectivity index is 1.44. The smallest absolute Gasteiger partial charge is 0.317 e. The van der Waals surface area contributed by atoms with Crippen LogP contribution in [-0.2, 0) is 17.7 Å². The third-order valence-corrected chi connectivity index (χ3v) is 4.13. The Kier molecular flexibility index (Phi) is 5.70. The second-order valence-electron chi connectivity index (χ2n) is 6.06. The van der Waals surface area contributed by atoms with Crippen molar-refractivity contribution in [3.05, 3.63) is 35.4 Å². The molecule has 136 valence electrons. The summed E-state index contributed by atoms with van der Waals surface area (Å²) in [4.78, 5) is 18.3. The van der Waals surface area contributed by atoms with Crippen molar-refractivity contribution in [2.75, 3.05) is 19.7 Å². The lowest BCUT2D eigenvalue weighted by Gasteiger charge is -2.20. The Bertz CT molecular complexity index is 690. The zero-order valence-corrected chi connectivity index (χ0v) is 14.7.